The van der Waals surface area contributed by atoms with Crippen molar-refractivity contribution in [2.45, 2.75) is 18.9 Å². The van der Waals surface area contributed by atoms with E-state index < -0.39 is 6.10 Å². The molecule has 1 unspecified atom stereocenters. The van der Waals surface area contributed by atoms with Crippen LogP contribution in [0.4, 0.5) is 0 Å². The second-order valence-electron chi connectivity index (χ2n) is 4.57. The molecule has 2 N–H and O–H groups in total. The Morgan fingerprint density at radius 2 is 2.11 bits per heavy atom. The number of allylic oxidation sites excluding steroid dienone is 1. The van der Waals surface area contributed by atoms with Crippen molar-refractivity contribution in [2.75, 3.05) is 6.61 Å². The number of aromatic amines is 1. The minimum atomic E-state index is -0.755. The van der Waals surface area contributed by atoms with Gasteiger partial charge in [-0.1, -0.05) is 30.3 Å². The third-order valence-corrected chi connectivity index (χ3v) is 3.26. The van der Waals surface area contributed by atoms with Crippen molar-refractivity contribution >= 4 is 0 Å². The standard InChI is InChI=1S/C15H16N2O2/c18-15(13-8-4-5-9-19-13)12-10-16-17-14(12)11-6-2-1-3-7-11/h1-3,6-8,10,15,18H,4-5,9H2,(H,16,17). The van der Waals surface area contributed by atoms with Gasteiger partial charge in [-0.2, -0.15) is 5.10 Å². The molecule has 2 heterocycles. The number of rotatable bonds is 3. The van der Waals surface area contributed by atoms with Crippen molar-refractivity contribution < 1.29 is 9.84 Å². The monoisotopic (exact) mass is 256 g/mol. The fourth-order valence-electron chi connectivity index (χ4n) is 2.26. The number of nitrogens with one attached hydrogen (secondary N) is 1. The summed E-state index contributed by atoms with van der Waals surface area (Å²) in [6.07, 6.45) is 4.81. The summed E-state index contributed by atoms with van der Waals surface area (Å²) in [5.74, 6) is 0.629. The van der Waals surface area contributed by atoms with Crippen molar-refractivity contribution in [3.05, 3.63) is 53.9 Å². The van der Waals surface area contributed by atoms with Crippen LogP contribution in [0.15, 0.2) is 48.4 Å². The molecule has 4 heteroatoms. The number of benzene rings is 1. The molecule has 0 saturated carbocycles. The highest BCUT2D eigenvalue weighted by atomic mass is 16.5. The van der Waals surface area contributed by atoms with Crippen molar-refractivity contribution in [3.63, 3.8) is 0 Å². The molecule has 0 saturated heterocycles. The lowest BCUT2D eigenvalue weighted by molar-refractivity contribution is 0.0921. The first-order chi connectivity index (χ1) is 9.36. The molecule has 0 aliphatic carbocycles. The molecule has 0 bridgehead atoms. The van der Waals surface area contributed by atoms with Gasteiger partial charge in [-0.15, -0.1) is 0 Å². The van der Waals surface area contributed by atoms with Crippen LogP contribution in [0.1, 0.15) is 24.5 Å². The van der Waals surface area contributed by atoms with Crippen LogP contribution < -0.4 is 0 Å². The van der Waals surface area contributed by atoms with E-state index in [2.05, 4.69) is 10.2 Å². The Morgan fingerprint density at radius 3 is 2.84 bits per heavy atom. The minimum Gasteiger partial charge on any atom is -0.495 e. The van der Waals surface area contributed by atoms with E-state index in [1.165, 1.54) is 0 Å². The molecule has 1 aliphatic heterocycles. The van der Waals surface area contributed by atoms with E-state index in [1.54, 1.807) is 6.20 Å². The summed E-state index contributed by atoms with van der Waals surface area (Å²) in [4.78, 5) is 0. The number of aliphatic hydroxyl groups is 1. The zero-order valence-corrected chi connectivity index (χ0v) is 10.5. The van der Waals surface area contributed by atoms with Crippen LogP contribution in [-0.2, 0) is 4.74 Å². The van der Waals surface area contributed by atoms with Gasteiger partial charge in [-0.3, -0.25) is 5.10 Å². The van der Waals surface area contributed by atoms with Gasteiger partial charge in [0.1, 0.15) is 11.9 Å². The lowest BCUT2D eigenvalue weighted by atomic mass is 10.0. The van der Waals surface area contributed by atoms with Gasteiger partial charge in [-0.05, 0) is 24.5 Å². The molecule has 0 amide bonds. The van der Waals surface area contributed by atoms with Gasteiger partial charge in [0.2, 0.25) is 0 Å². The predicted octanol–water partition coefficient (Wildman–Crippen LogP) is 2.80. The topological polar surface area (TPSA) is 58.1 Å². The number of hydrogen-bond donors (Lipinski definition) is 2. The summed E-state index contributed by atoms with van der Waals surface area (Å²) in [5, 5.41) is 17.4. The summed E-state index contributed by atoms with van der Waals surface area (Å²) in [5.41, 5.74) is 2.59. The zero-order valence-electron chi connectivity index (χ0n) is 10.5. The van der Waals surface area contributed by atoms with Gasteiger partial charge in [0.25, 0.3) is 0 Å². The molecule has 0 radical (unpaired) electrons. The number of aromatic nitrogens is 2. The molecule has 98 valence electrons. The van der Waals surface area contributed by atoms with Gasteiger partial charge < -0.3 is 9.84 Å². The van der Waals surface area contributed by atoms with E-state index in [1.807, 2.05) is 36.4 Å². The van der Waals surface area contributed by atoms with Crippen LogP contribution in [-0.4, -0.2) is 21.9 Å². The Hall–Kier alpha value is -2.07. The number of ether oxygens (including phenoxy) is 1. The number of aliphatic hydroxyl groups excluding tert-OH is 1. The Morgan fingerprint density at radius 1 is 1.26 bits per heavy atom. The molecule has 1 aromatic carbocycles. The van der Waals surface area contributed by atoms with E-state index >= 15 is 0 Å². The van der Waals surface area contributed by atoms with E-state index in [9.17, 15) is 5.11 Å². The first-order valence-electron chi connectivity index (χ1n) is 6.46. The van der Waals surface area contributed by atoms with Crippen molar-refractivity contribution in [1.82, 2.24) is 10.2 Å². The van der Waals surface area contributed by atoms with E-state index in [0.29, 0.717) is 12.4 Å². The van der Waals surface area contributed by atoms with Crippen LogP contribution in [0.25, 0.3) is 11.3 Å². The van der Waals surface area contributed by atoms with Crippen LogP contribution in [0.3, 0.4) is 0 Å². The fourth-order valence-corrected chi connectivity index (χ4v) is 2.26. The lowest BCUT2D eigenvalue weighted by Gasteiger charge is -2.19. The summed E-state index contributed by atoms with van der Waals surface area (Å²) in [6, 6.07) is 9.86. The largest absolute Gasteiger partial charge is 0.495 e. The van der Waals surface area contributed by atoms with Crippen molar-refractivity contribution in [2.24, 2.45) is 0 Å². The molecule has 19 heavy (non-hydrogen) atoms. The van der Waals surface area contributed by atoms with Crippen molar-refractivity contribution in [3.8, 4) is 11.3 Å². The summed E-state index contributed by atoms with van der Waals surface area (Å²) < 4.78 is 5.52. The van der Waals surface area contributed by atoms with Gasteiger partial charge in [0.15, 0.2) is 0 Å². The first kappa shape index (κ1) is 12.0. The zero-order chi connectivity index (χ0) is 13.1. The van der Waals surface area contributed by atoms with Crippen LogP contribution in [0, 0.1) is 0 Å². The van der Waals surface area contributed by atoms with E-state index in [-0.39, 0.29) is 0 Å². The average Bonchev–Trinajstić information content (AvgIpc) is 2.98. The van der Waals surface area contributed by atoms with Crippen molar-refractivity contribution in [1.29, 1.82) is 0 Å². The molecule has 0 spiro atoms. The van der Waals surface area contributed by atoms with Gasteiger partial charge in [0, 0.05) is 5.56 Å². The maximum absolute atomic E-state index is 10.4. The lowest BCUT2D eigenvalue weighted by Crippen LogP contribution is -2.10. The minimum absolute atomic E-state index is 0.629. The third kappa shape index (κ3) is 2.39. The van der Waals surface area contributed by atoms with Crippen LogP contribution >= 0.6 is 0 Å². The van der Waals surface area contributed by atoms with Gasteiger partial charge in [0.05, 0.1) is 18.5 Å². The van der Waals surface area contributed by atoms with Gasteiger partial charge >= 0.3 is 0 Å². The SMILES string of the molecule is OC(C1=CCCCO1)c1cn[nH]c1-c1ccccc1. The molecule has 4 nitrogen and oxygen atoms in total. The average molecular weight is 256 g/mol. The molecular weight excluding hydrogens is 240 g/mol. The molecule has 1 aromatic heterocycles. The Bertz CT molecular complexity index is 575. The number of nitrogens with zero attached hydrogens (tertiary/aromatic N) is 1. The van der Waals surface area contributed by atoms with E-state index in [0.717, 1.165) is 29.7 Å². The fraction of sp³-hybridized carbons (Fsp3) is 0.267. The highest BCUT2D eigenvalue weighted by Gasteiger charge is 2.22. The van der Waals surface area contributed by atoms with Gasteiger partial charge in [-0.25, -0.2) is 0 Å². The van der Waals surface area contributed by atoms with Crippen LogP contribution in [0.2, 0.25) is 0 Å². The van der Waals surface area contributed by atoms with Crippen LogP contribution in [0.5, 0.6) is 0 Å². The molecule has 1 atom stereocenters. The Balaban J connectivity index is 1.94. The highest BCUT2D eigenvalue weighted by Crippen LogP contribution is 2.31. The second-order valence-corrected chi connectivity index (χ2v) is 4.57. The number of hydrogen-bond acceptors (Lipinski definition) is 3. The third-order valence-electron chi connectivity index (χ3n) is 3.26. The highest BCUT2D eigenvalue weighted by molar-refractivity contribution is 5.63. The quantitative estimate of drug-likeness (QED) is 0.887. The molecule has 2 aromatic rings. The maximum atomic E-state index is 10.4. The summed E-state index contributed by atoms with van der Waals surface area (Å²) in [6.45, 7) is 0.668. The van der Waals surface area contributed by atoms with E-state index in [4.69, 9.17) is 4.74 Å². The predicted molar refractivity (Wildman–Crippen MR) is 72.3 cm³/mol. The number of H-pyrrole nitrogens is 1. The molecule has 3 rings (SSSR count). The smallest absolute Gasteiger partial charge is 0.139 e. The normalized spacial score (nSPS) is 16.6. The first-order valence-corrected chi connectivity index (χ1v) is 6.46. The molecular formula is C15H16N2O2. The molecule has 0 fully saturated rings. The molecule has 1 aliphatic rings. The summed E-state index contributed by atoms with van der Waals surface area (Å²) >= 11 is 0. The second kappa shape index (κ2) is 5.28. The summed E-state index contributed by atoms with van der Waals surface area (Å²) in [7, 11) is 0. The Kier molecular flexibility index (Phi) is 3.33. The maximum Gasteiger partial charge on any atom is 0.139 e. The Labute approximate surface area is 111 Å².